The zero-order chi connectivity index (χ0) is 9.30. The van der Waals surface area contributed by atoms with E-state index in [-0.39, 0.29) is 0 Å². The first kappa shape index (κ1) is 9.22. The molecular weight excluding hydrogens is 174 g/mol. The second-order valence-corrected chi connectivity index (χ2v) is 4.01. The minimum Gasteiger partial charge on any atom is -0.478 e. The van der Waals surface area contributed by atoms with Crippen LogP contribution in [0.3, 0.4) is 0 Å². The number of carbonyl (C=O) groups is 1. The predicted molar refractivity (Wildman–Crippen MR) is 48.6 cm³/mol. The van der Waals surface area contributed by atoms with Gasteiger partial charge in [0.1, 0.15) is 0 Å². The van der Waals surface area contributed by atoms with Gasteiger partial charge in [0.2, 0.25) is 0 Å². The SMILES string of the molecule is Cc1sc(C)c(C(=O)O)c1CN. The van der Waals surface area contributed by atoms with E-state index in [1.807, 2.05) is 6.92 Å². The summed E-state index contributed by atoms with van der Waals surface area (Å²) >= 11 is 1.49. The molecule has 3 nitrogen and oxygen atoms in total. The van der Waals surface area contributed by atoms with Crippen LogP contribution in [-0.2, 0) is 6.54 Å². The van der Waals surface area contributed by atoms with Crippen LogP contribution in [0.15, 0.2) is 0 Å². The van der Waals surface area contributed by atoms with Crippen LogP contribution in [0.1, 0.15) is 25.7 Å². The molecule has 0 unspecified atom stereocenters. The van der Waals surface area contributed by atoms with Crippen LogP contribution < -0.4 is 5.73 Å². The van der Waals surface area contributed by atoms with Gasteiger partial charge in [0.25, 0.3) is 0 Å². The van der Waals surface area contributed by atoms with Gasteiger partial charge in [-0.25, -0.2) is 4.79 Å². The lowest BCUT2D eigenvalue weighted by Gasteiger charge is -1.97. The van der Waals surface area contributed by atoms with Crippen LogP contribution in [0.2, 0.25) is 0 Å². The molecule has 0 fully saturated rings. The van der Waals surface area contributed by atoms with Crippen molar-refractivity contribution in [1.82, 2.24) is 0 Å². The highest BCUT2D eigenvalue weighted by atomic mass is 32.1. The fourth-order valence-corrected chi connectivity index (χ4v) is 2.34. The third-order valence-electron chi connectivity index (χ3n) is 1.80. The Balaban J connectivity index is 3.32. The molecule has 0 radical (unpaired) electrons. The Labute approximate surface area is 74.8 Å². The van der Waals surface area contributed by atoms with Crippen molar-refractivity contribution in [3.05, 3.63) is 20.9 Å². The first-order valence-corrected chi connectivity index (χ1v) is 4.41. The number of hydrogen-bond donors (Lipinski definition) is 2. The van der Waals surface area contributed by atoms with Gasteiger partial charge >= 0.3 is 5.97 Å². The molecule has 0 aliphatic rings. The number of aromatic carboxylic acids is 1. The largest absolute Gasteiger partial charge is 0.478 e. The van der Waals surface area contributed by atoms with Gasteiger partial charge < -0.3 is 10.8 Å². The molecular formula is C8H11NO2S. The van der Waals surface area contributed by atoms with Crippen LogP contribution in [0.25, 0.3) is 0 Å². The number of carboxylic acid groups (broad SMARTS) is 1. The predicted octanol–water partition coefficient (Wildman–Crippen LogP) is 1.52. The fraction of sp³-hybridized carbons (Fsp3) is 0.375. The van der Waals surface area contributed by atoms with Crippen molar-refractivity contribution < 1.29 is 9.90 Å². The van der Waals surface area contributed by atoms with Crippen LogP contribution in [-0.4, -0.2) is 11.1 Å². The topological polar surface area (TPSA) is 63.3 Å². The van der Waals surface area contributed by atoms with Gasteiger partial charge in [-0.2, -0.15) is 0 Å². The van der Waals surface area contributed by atoms with Gasteiger partial charge in [-0.1, -0.05) is 0 Å². The summed E-state index contributed by atoms with van der Waals surface area (Å²) < 4.78 is 0. The van der Waals surface area contributed by atoms with Crippen LogP contribution in [0.5, 0.6) is 0 Å². The number of nitrogens with two attached hydrogens (primary N) is 1. The third-order valence-corrected chi connectivity index (χ3v) is 2.87. The fourth-order valence-electron chi connectivity index (χ4n) is 1.26. The Morgan fingerprint density at radius 2 is 2.08 bits per heavy atom. The molecule has 3 N–H and O–H groups in total. The minimum absolute atomic E-state index is 0.303. The quantitative estimate of drug-likeness (QED) is 0.734. The second-order valence-electron chi connectivity index (χ2n) is 2.58. The van der Waals surface area contributed by atoms with E-state index < -0.39 is 5.97 Å². The van der Waals surface area contributed by atoms with E-state index in [9.17, 15) is 4.79 Å². The summed E-state index contributed by atoms with van der Waals surface area (Å²) in [6, 6.07) is 0. The van der Waals surface area contributed by atoms with Crippen molar-refractivity contribution in [1.29, 1.82) is 0 Å². The van der Waals surface area contributed by atoms with Gasteiger partial charge in [-0.05, 0) is 19.4 Å². The Morgan fingerprint density at radius 3 is 2.42 bits per heavy atom. The van der Waals surface area contributed by atoms with Crippen molar-refractivity contribution in [2.75, 3.05) is 0 Å². The van der Waals surface area contributed by atoms with E-state index in [1.165, 1.54) is 11.3 Å². The summed E-state index contributed by atoms with van der Waals surface area (Å²) in [7, 11) is 0. The normalized spacial score (nSPS) is 10.2. The monoisotopic (exact) mass is 185 g/mol. The molecule has 1 heterocycles. The van der Waals surface area contributed by atoms with E-state index in [0.717, 1.165) is 15.3 Å². The molecule has 66 valence electrons. The first-order valence-electron chi connectivity index (χ1n) is 3.60. The maximum absolute atomic E-state index is 10.8. The highest BCUT2D eigenvalue weighted by molar-refractivity contribution is 7.12. The number of aryl methyl sites for hydroxylation is 2. The molecule has 12 heavy (non-hydrogen) atoms. The first-order chi connectivity index (χ1) is 5.57. The Kier molecular flexibility index (Phi) is 2.49. The lowest BCUT2D eigenvalue weighted by Crippen LogP contribution is -2.06. The minimum atomic E-state index is -0.877. The van der Waals surface area contributed by atoms with Gasteiger partial charge in [0, 0.05) is 16.3 Å². The molecule has 1 aromatic heterocycles. The Bertz CT molecular complexity index is 317. The van der Waals surface area contributed by atoms with Crippen molar-refractivity contribution in [3.8, 4) is 0 Å². The highest BCUT2D eigenvalue weighted by Crippen LogP contribution is 2.26. The number of thiophene rings is 1. The van der Waals surface area contributed by atoms with Gasteiger partial charge in [0.05, 0.1) is 5.56 Å². The molecule has 0 atom stereocenters. The summed E-state index contributed by atoms with van der Waals surface area (Å²) in [5.41, 5.74) is 6.60. The third kappa shape index (κ3) is 1.35. The van der Waals surface area contributed by atoms with Gasteiger partial charge in [-0.15, -0.1) is 11.3 Å². The van der Waals surface area contributed by atoms with Gasteiger partial charge in [0.15, 0.2) is 0 Å². The molecule has 0 bridgehead atoms. The Hall–Kier alpha value is -0.870. The highest BCUT2D eigenvalue weighted by Gasteiger charge is 2.17. The summed E-state index contributed by atoms with van der Waals surface area (Å²) in [6.07, 6.45) is 0. The molecule has 4 heteroatoms. The Morgan fingerprint density at radius 1 is 1.50 bits per heavy atom. The van der Waals surface area contributed by atoms with Crippen LogP contribution in [0.4, 0.5) is 0 Å². The van der Waals surface area contributed by atoms with Gasteiger partial charge in [-0.3, -0.25) is 0 Å². The van der Waals surface area contributed by atoms with E-state index in [1.54, 1.807) is 6.92 Å². The number of carboxylic acids is 1. The molecule has 0 aliphatic heterocycles. The number of rotatable bonds is 2. The molecule has 1 aromatic rings. The van der Waals surface area contributed by atoms with Crippen molar-refractivity contribution in [3.63, 3.8) is 0 Å². The lowest BCUT2D eigenvalue weighted by molar-refractivity contribution is 0.0695. The molecule has 1 rings (SSSR count). The molecule has 0 aromatic carbocycles. The molecule has 0 spiro atoms. The zero-order valence-electron chi connectivity index (χ0n) is 7.05. The molecule has 0 aliphatic carbocycles. The summed E-state index contributed by atoms with van der Waals surface area (Å²) in [4.78, 5) is 12.6. The molecule has 0 amide bonds. The zero-order valence-corrected chi connectivity index (χ0v) is 7.86. The van der Waals surface area contributed by atoms with Crippen molar-refractivity contribution in [2.45, 2.75) is 20.4 Å². The smallest absolute Gasteiger partial charge is 0.337 e. The standard InChI is InChI=1S/C8H11NO2S/c1-4-6(3-9)7(8(10)11)5(2)12-4/h3,9H2,1-2H3,(H,10,11). The second kappa shape index (κ2) is 3.25. The lowest BCUT2D eigenvalue weighted by atomic mass is 10.1. The van der Waals surface area contributed by atoms with E-state index in [4.69, 9.17) is 10.8 Å². The van der Waals surface area contributed by atoms with E-state index in [0.29, 0.717) is 12.1 Å². The number of hydrogen-bond acceptors (Lipinski definition) is 3. The van der Waals surface area contributed by atoms with E-state index in [2.05, 4.69) is 0 Å². The summed E-state index contributed by atoms with van der Waals surface area (Å²) in [5.74, 6) is -0.877. The van der Waals surface area contributed by atoms with E-state index >= 15 is 0 Å². The van der Waals surface area contributed by atoms with Crippen molar-refractivity contribution in [2.24, 2.45) is 5.73 Å². The maximum Gasteiger partial charge on any atom is 0.337 e. The molecule has 0 saturated carbocycles. The summed E-state index contributed by atoms with van der Waals surface area (Å²) in [6.45, 7) is 4.00. The summed E-state index contributed by atoms with van der Waals surface area (Å²) in [5, 5.41) is 8.84. The molecule has 0 saturated heterocycles. The van der Waals surface area contributed by atoms with Crippen LogP contribution in [0, 0.1) is 13.8 Å². The average Bonchev–Trinajstić information content (AvgIpc) is 2.24. The average molecular weight is 185 g/mol. The maximum atomic E-state index is 10.8. The van der Waals surface area contributed by atoms with Crippen LogP contribution >= 0.6 is 11.3 Å². The van der Waals surface area contributed by atoms with Crippen molar-refractivity contribution >= 4 is 17.3 Å².